The summed E-state index contributed by atoms with van der Waals surface area (Å²) >= 11 is 0. The van der Waals surface area contributed by atoms with Gasteiger partial charge in [0.05, 0.1) is 5.25 Å². The molecule has 0 radical (unpaired) electrons. The summed E-state index contributed by atoms with van der Waals surface area (Å²) in [6.45, 7) is 6.71. The van der Waals surface area contributed by atoms with E-state index >= 15 is 0 Å². The number of nitrogens with one attached hydrogen (secondary N) is 1. The van der Waals surface area contributed by atoms with Crippen LogP contribution in [0.25, 0.3) is 0 Å². The third-order valence-electron chi connectivity index (χ3n) is 2.76. The Bertz CT molecular complexity index is 327. The Morgan fingerprint density at radius 2 is 1.81 bits per heavy atom. The number of carbonyl (C=O) groups excluding carboxylic acids is 1. The Labute approximate surface area is 97.7 Å². The Balaban J connectivity index is 4.67. The van der Waals surface area contributed by atoms with Gasteiger partial charge in [0.1, 0.15) is 5.25 Å². The molecule has 0 bridgehead atoms. The Kier molecular flexibility index (Phi) is 5.96. The number of amides is 1. The second-order valence-corrected chi connectivity index (χ2v) is 6.79. The van der Waals surface area contributed by atoms with Crippen molar-refractivity contribution in [3.05, 3.63) is 0 Å². The van der Waals surface area contributed by atoms with Gasteiger partial charge in [-0.05, 0) is 27.2 Å². The molecule has 0 aromatic heterocycles. The lowest BCUT2D eigenvalue weighted by Gasteiger charge is -2.19. The van der Waals surface area contributed by atoms with Gasteiger partial charge < -0.3 is 11.1 Å². The monoisotopic (exact) mass is 250 g/mol. The average Bonchev–Trinajstić information content (AvgIpc) is 2.26. The smallest absolute Gasteiger partial charge is 0.238 e. The fourth-order valence-corrected chi connectivity index (χ4v) is 2.43. The molecule has 0 saturated carbocycles. The summed E-state index contributed by atoms with van der Waals surface area (Å²) in [5.74, 6) is -0.449. The van der Waals surface area contributed by atoms with Crippen LogP contribution < -0.4 is 11.1 Å². The van der Waals surface area contributed by atoms with Crippen molar-refractivity contribution in [3.8, 4) is 0 Å². The van der Waals surface area contributed by atoms with Gasteiger partial charge in [-0.15, -0.1) is 0 Å². The van der Waals surface area contributed by atoms with E-state index in [1.54, 1.807) is 0 Å². The van der Waals surface area contributed by atoms with E-state index in [1.165, 1.54) is 13.8 Å². The zero-order chi connectivity index (χ0) is 12.9. The minimum Gasteiger partial charge on any atom is -0.353 e. The predicted octanol–water partition coefficient (Wildman–Crippen LogP) is 0.0516. The molecular formula is C10H22N2O3S. The Morgan fingerprint density at radius 1 is 1.31 bits per heavy atom. The molecule has 0 fully saturated rings. The molecule has 3 atom stereocenters. The quantitative estimate of drug-likeness (QED) is 0.697. The Morgan fingerprint density at radius 3 is 2.19 bits per heavy atom. The van der Waals surface area contributed by atoms with Gasteiger partial charge in [0.2, 0.25) is 5.91 Å². The van der Waals surface area contributed by atoms with E-state index in [2.05, 4.69) is 5.32 Å². The van der Waals surface area contributed by atoms with E-state index in [0.29, 0.717) is 0 Å². The molecule has 3 unspecified atom stereocenters. The lowest BCUT2D eigenvalue weighted by molar-refractivity contribution is -0.121. The minimum atomic E-state index is -3.48. The predicted molar refractivity (Wildman–Crippen MR) is 64.8 cm³/mol. The molecule has 0 aromatic rings. The third-order valence-corrected chi connectivity index (χ3v) is 5.27. The molecule has 0 spiro atoms. The highest BCUT2D eigenvalue weighted by atomic mass is 32.2. The van der Waals surface area contributed by atoms with Gasteiger partial charge in [0.15, 0.2) is 9.84 Å². The molecule has 0 aromatic carbocycles. The zero-order valence-corrected chi connectivity index (χ0v) is 11.2. The number of nitrogens with two attached hydrogens (primary N) is 1. The van der Waals surface area contributed by atoms with Crippen molar-refractivity contribution in [2.75, 3.05) is 6.54 Å². The first-order chi connectivity index (χ1) is 7.27. The summed E-state index contributed by atoms with van der Waals surface area (Å²) in [7, 11) is -3.48. The van der Waals surface area contributed by atoms with Gasteiger partial charge in [0, 0.05) is 12.6 Å². The van der Waals surface area contributed by atoms with Crippen molar-refractivity contribution in [1.82, 2.24) is 5.32 Å². The van der Waals surface area contributed by atoms with E-state index in [1.807, 2.05) is 13.8 Å². The van der Waals surface area contributed by atoms with Crippen LogP contribution in [0.3, 0.4) is 0 Å². The molecule has 16 heavy (non-hydrogen) atoms. The van der Waals surface area contributed by atoms with Gasteiger partial charge in [-0.2, -0.15) is 0 Å². The van der Waals surface area contributed by atoms with Crippen LogP contribution in [0.4, 0.5) is 0 Å². The summed E-state index contributed by atoms with van der Waals surface area (Å²) in [5, 5.41) is 0.924. The number of rotatable bonds is 6. The molecule has 0 heterocycles. The minimum absolute atomic E-state index is 0.0154. The zero-order valence-electron chi connectivity index (χ0n) is 10.4. The van der Waals surface area contributed by atoms with Crippen LogP contribution in [0.1, 0.15) is 34.1 Å². The van der Waals surface area contributed by atoms with Crippen LogP contribution in [-0.2, 0) is 14.6 Å². The number of hydrogen-bond donors (Lipinski definition) is 2. The molecule has 0 aliphatic rings. The molecule has 6 heteroatoms. The lowest BCUT2D eigenvalue weighted by Crippen LogP contribution is -2.45. The molecular weight excluding hydrogens is 228 g/mol. The molecule has 5 nitrogen and oxygen atoms in total. The van der Waals surface area contributed by atoms with Crippen molar-refractivity contribution in [1.29, 1.82) is 0 Å². The Hall–Kier alpha value is -0.620. The number of carbonyl (C=O) groups is 1. The fourth-order valence-electron chi connectivity index (χ4n) is 1.09. The maximum atomic E-state index is 11.8. The van der Waals surface area contributed by atoms with Crippen molar-refractivity contribution < 1.29 is 13.2 Å². The molecule has 0 aliphatic heterocycles. The molecule has 3 N–H and O–H groups in total. The van der Waals surface area contributed by atoms with Gasteiger partial charge in [-0.25, -0.2) is 8.42 Å². The van der Waals surface area contributed by atoms with Gasteiger partial charge in [-0.1, -0.05) is 6.92 Å². The van der Waals surface area contributed by atoms with Crippen molar-refractivity contribution >= 4 is 15.7 Å². The molecule has 0 rings (SSSR count). The lowest BCUT2D eigenvalue weighted by atomic mass is 10.2. The average molecular weight is 250 g/mol. The maximum Gasteiger partial charge on any atom is 0.238 e. The number of hydrogen-bond acceptors (Lipinski definition) is 4. The summed E-state index contributed by atoms with van der Waals surface area (Å²) in [4.78, 5) is 11.6. The van der Waals surface area contributed by atoms with E-state index in [4.69, 9.17) is 5.73 Å². The molecule has 1 amide bonds. The van der Waals surface area contributed by atoms with Crippen LogP contribution in [0.15, 0.2) is 0 Å². The SMILES string of the molecule is CCC(C)NC(=O)C(C)S(=O)(=O)C(C)CN. The van der Waals surface area contributed by atoms with E-state index in [-0.39, 0.29) is 12.6 Å². The van der Waals surface area contributed by atoms with Crippen LogP contribution in [0.2, 0.25) is 0 Å². The molecule has 96 valence electrons. The summed E-state index contributed by atoms with van der Waals surface area (Å²) < 4.78 is 23.7. The van der Waals surface area contributed by atoms with E-state index in [9.17, 15) is 13.2 Å². The number of sulfone groups is 1. The third kappa shape index (κ3) is 3.75. The van der Waals surface area contributed by atoms with Crippen molar-refractivity contribution in [2.45, 2.75) is 50.7 Å². The van der Waals surface area contributed by atoms with Gasteiger partial charge in [0.25, 0.3) is 0 Å². The highest BCUT2D eigenvalue weighted by molar-refractivity contribution is 7.93. The van der Waals surface area contributed by atoms with Crippen molar-refractivity contribution in [2.24, 2.45) is 5.73 Å². The van der Waals surface area contributed by atoms with Crippen LogP contribution in [0, 0.1) is 0 Å². The maximum absolute atomic E-state index is 11.8. The first kappa shape index (κ1) is 15.4. The van der Waals surface area contributed by atoms with Crippen molar-refractivity contribution in [3.63, 3.8) is 0 Å². The fraction of sp³-hybridized carbons (Fsp3) is 0.900. The van der Waals surface area contributed by atoms with Crippen LogP contribution >= 0.6 is 0 Å². The second-order valence-electron chi connectivity index (χ2n) is 4.10. The largest absolute Gasteiger partial charge is 0.353 e. The van der Waals surface area contributed by atoms with Gasteiger partial charge >= 0.3 is 0 Å². The summed E-state index contributed by atoms with van der Waals surface area (Å²) in [6.07, 6.45) is 0.769. The van der Waals surface area contributed by atoms with E-state index in [0.717, 1.165) is 6.42 Å². The topological polar surface area (TPSA) is 89.3 Å². The summed E-state index contributed by atoms with van der Waals surface area (Å²) in [5.41, 5.74) is 5.31. The molecule has 0 saturated heterocycles. The standard InChI is InChI=1S/C10H22N2O3S/c1-5-7(2)12-10(13)9(4)16(14,15)8(3)6-11/h7-9H,5-6,11H2,1-4H3,(H,12,13). The first-order valence-corrected chi connectivity index (χ1v) is 7.11. The highest BCUT2D eigenvalue weighted by Crippen LogP contribution is 2.09. The van der Waals surface area contributed by atoms with Gasteiger partial charge in [-0.3, -0.25) is 4.79 Å². The highest BCUT2D eigenvalue weighted by Gasteiger charge is 2.32. The van der Waals surface area contributed by atoms with Crippen LogP contribution in [0.5, 0.6) is 0 Å². The second kappa shape index (κ2) is 6.20. The molecule has 0 aliphatic carbocycles. The van der Waals surface area contributed by atoms with Crippen LogP contribution in [-0.4, -0.2) is 37.4 Å². The normalized spacial score (nSPS) is 17.6. The summed E-state index contributed by atoms with van der Waals surface area (Å²) in [6, 6.07) is -0.0154. The van der Waals surface area contributed by atoms with E-state index < -0.39 is 26.2 Å². The first-order valence-electron chi connectivity index (χ1n) is 5.50.